The third kappa shape index (κ3) is 2.98. The number of nitrogens with zero attached hydrogens (tertiary/aromatic N) is 2. The quantitative estimate of drug-likeness (QED) is 0.554. The van der Waals surface area contributed by atoms with Crippen LogP contribution in [0.4, 0.5) is 0 Å². The number of nitrogens with one attached hydrogen (secondary N) is 1. The minimum absolute atomic E-state index is 0.120. The van der Waals surface area contributed by atoms with Gasteiger partial charge in [0.15, 0.2) is 5.58 Å². The van der Waals surface area contributed by atoms with Gasteiger partial charge in [-0.2, -0.15) is 0 Å². The number of benzene rings is 2. The van der Waals surface area contributed by atoms with Crippen molar-refractivity contribution in [2.75, 3.05) is 0 Å². The maximum absolute atomic E-state index is 12.1. The van der Waals surface area contributed by atoms with Crippen LogP contribution in [0.25, 0.3) is 16.8 Å². The molecule has 0 atom stereocenters. The summed E-state index contributed by atoms with van der Waals surface area (Å²) in [7, 11) is 0. The van der Waals surface area contributed by atoms with Gasteiger partial charge in [-0.3, -0.25) is 9.89 Å². The molecule has 2 aromatic carbocycles. The Labute approximate surface area is 146 Å². The van der Waals surface area contributed by atoms with E-state index in [9.17, 15) is 4.79 Å². The molecule has 0 aliphatic carbocycles. The number of hydrogen-bond acceptors (Lipinski definition) is 4. The van der Waals surface area contributed by atoms with Crippen LogP contribution in [0.15, 0.2) is 69.0 Å². The fourth-order valence-electron chi connectivity index (χ4n) is 2.35. The van der Waals surface area contributed by atoms with Crippen molar-refractivity contribution in [2.45, 2.75) is 11.0 Å². The molecule has 0 spiro atoms. The van der Waals surface area contributed by atoms with Crippen molar-refractivity contribution in [1.29, 1.82) is 0 Å². The molecule has 0 amide bonds. The van der Waals surface area contributed by atoms with Crippen molar-refractivity contribution in [3.8, 4) is 5.69 Å². The van der Waals surface area contributed by atoms with Crippen molar-refractivity contribution in [3.63, 3.8) is 0 Å². The highest BCUT2D eigenvalue weighted by atomic mass is 35.5. The van der Waals surface area contributed by atoms with Crippen LogP contribution in [0.1, 0.15) is 5.69 Å². The zero-order valence-corrected chi connectivity index (χ0v) is 14.0. The molecule has 2 aromatic heterocycles. The van der Waals surface area contributed by atoms with Crippen molar-refractivity contribution in [3.05, 3.63) is 75.7 Å². The summed E-state index contributed by atoms with van der Waals surface area (Å²) in [5.41, 5.74) is 3.00. The fourth-order valence-corrected chi connectivity index (χ4v) is 3.22. The number of aromatic nitrogens is 3. The number of H-pyrrole nitrogens is 1. The van der Waals surface area contributed by atoms with Crippen LogP contribution in [0.3, 0.4) is 0 Å². The highest BCUT2D eigenvalue weighted by Crippen LogP contribution is 2.25. The molecule has 2 heterocycles. The number of hydrogen-bond donors (Lipinski definition) is 1. The number of para-hydroxylation sites is 2. The molecule has 0 aliphatic heterocycles. The molecule has 5 nitrogen and oxygen atoms in total. The Morgan fingerprint density at radius 3 is 2.75 bits per heavy atom. The number of thioether (sulfide) groups is 1. The number of aromatic amines is 1. The van der Waals surface area contributed by atoms with Gasteiger partial charge < -0.3 is 4.42 Å². The van der Waals surface area contributed by atoms with Crippen LogP contribution < -0.4 is 5.56 Å². The van der Waals surface area contributed by atoms with E-state index in [4.69, 9.17) is 16.0 Å². The third-order valence-corrected chi connectivity index (χ3v) is 4.61. The Hall–Kier alpha value is -2.44. The van der Waals surface area contributed by atoms with E-state index in [2.05, 4.69) is 10.1 Å². The van der Waals surface area contributed by atoms with Crippen molar-refractivity contribution < 1.29 is 4.42 Å². The minimum Gasteiger partial charge on any atom is -0.431 e. The summed E-state index contributed by atoms with van der Waals surface area (Å²) in [5.74, 6) is 0.558. The van der Waals surface area contributed by atoms with E-state index in [0.717, 1.165) is 22.5 Å². The maximum atomic E-state index is 12.1. The van der Waals surface area contributed by atoms with Gasteiger partial charge in [-0.1, -0.05) is 35.5 Å². The molecule has 0 radical (unpaired) electrons. The topological polar surface area (TPSA) is 63.8 Å². The normalized spacial score (nSPS) is 11.2. The zero-order chi connectivity index (χ0) is 16.5. The lowest BCUT2D eigenvalue weighted by molar-refractivity contribution is 0.489. The molecule has 24 heavy (non-hydrogen) atoms. The first-order valence-electron chi connectivity index (χ1n) is 7.24. The largest absolute Gasteiger partial charge is 0.431 e. The van der Waals surface area contributed by atoms with Crippen LogP contribution >= 0.6 is 23.4 Å². The van der Waals surface area contributed by atoms with Gasteiger partial charge >= 0.3 is 0 Å². The molecule has 0 bridgehead atoms. The molecular weight excluding hydrogens is 346 g/mol. The molecule has 7 heteroatoms. The average molecular weight is 358 g/mol. The van der Waals surface area contributed by atoms with E-state index in [0.29, 0.717) is 16.0 Å². The van der Waals surface area contributed by atoms with E-state index < -0.39 is 0 Å². The van der Waals surface area contributed by atoms with Crippen molar-refractivity contribution >= 4 is 34.5 Å². The SMILES string of the molecule is O=c1cc(CSc2nc3ccccc3o2)[nH]n1-c1ccc(Cl)cc1. The number of oxazole rings is 1. The van der Waals surface area contributed by atoms with Crippen molar-refractivity contribution in [2.24, 2.45) is 0 Å². The minimum atomic E-state index is -0.120. The van der Waals surface area contributed by atoms with Crippen LogP contribution in [0.5, 0.6) is 0 Å². The predicted molar refractivity (Wildman–Crippen MR) is 95.0 cm³/mol. The van der Waals surface area contributed by atoms with Crippen LogP contribution in [0, 0.1) is 0 Å². The lowest BCUT2D eigenvalue weighted by Gasteiger charge is -2.01. The second kappa shape index (κ2) is 6.22. The molecule has 0 saturated carbocycles. The summed E-state index contributed by atoms with van der Waals surface area (Å²) < 4.78 is 7.15. The van der Waals surface area contributed by atoms with E-state index >= 15 is 0 Å². The number of rotatable bonds is 4. The molecule has 4 aromatic rings. The summed E-state index contributed by atoms with van der Waals surface area (Å²) in [6.07, 6.45) is 0. The second-order valence-electron chi connectivity index (χ2n) is 5.17. The summed E-state index contributed by atoms with van der Waals surface area (Å²) in [4.78, 5) is 16.5. The lowest BCUT2D eigenvalue weighted by Crippen LogP contribution is -2.13. The van der Waals surface area contributed by atoms with E-state index in [-0.39, 0.29) is 5.56 Å². The highest BCUT2D eigenvalue weighted by Gasteiger charge is 2.09. The van der Waals surface area contributed by atoms with Crippen LogP contribution in [-0.2, 0) is 5.75 Å². The third-order valence-electron chi connectivity index (χ3n) is 3.48. The molecule has 4 rings (SSSR count). The molecule has 0 aliphatic rings. The Balaban J connectivity index is 1.54. The number of fused-ring (bicyclic) bond motifs is 1. The molecular formula is C17H12ClN3O2S. The maximum Gasteiger partial charge on any atom is 0.271 e. The molecule has 0 fully saturated rings. The van der Waals surface area contributed by atoms with E-state index in [1.807, 2.05) is 24.3 Å². The zero-order valence-electron chi connectivity index (χ0n) is 12.4. The Morgan fingerprint density at radius 1 is 1.17 bits per heavy atom. The first-order chi connectivity index (χ1) is 11.7. The van der Waals surface area contributed by atoms with Crippen LogP contribution in [0.2, 0.25) is 5.02 Å². The first-order valence-corrected chi connectivity index (χ1v) is 8.61. The van der Waals surface area contributed by atoms with Gasteiger partial charge in [0.25, 0.3) is 10.8 Å². The lowest BCUT2D eigenvalue weighted by atomic mass is 10.3. The van der Waals surface area contributed by atoms with Crippen LogP contribution in [-0.4, -0.2) is 14.8 Å². The summed E-state index contributed by atoms with van der Waals surface area (Å²) >= 11 is 7.31. The predicted octanol–water partition coefficient (Wildman–Crippen LogP) is 4.25. The van der Waals surface area contributed by atoms with Gasteiger partial charge in [0.05, 0.1) is 5.69 Å². The van der Waals surface area contributed by atoms with E-state index in [1.54, 1.807) is 30.3 Å². The van der Waals surface area contributed by atoms with E-state index in [1.165, 1.54) is 16.4 Å². The first kappa shape index (κ1) is 15.1. The fraction of sp³-hybridized carbons (Fsp3) is 0.0588. The molecule has 120 valence electrons. The van der Waals surface area contributed by atoms with Gasteiger partial charge in [-0.05, 0) is 36.4 Å². The molecule has 0 saturated heterocycles. The Bertz CT molecular complexity index is 1020. The van der Waals surface area contributed by atoms with Gasteiger partial charge in [0.1, 0.15) is 5.52 Å². The highest BCUT2D eigenvalue weighted by molar-refractivity contribution is 7.98. The van der Waals surface area contributed by atoms with Gasteiger partial charge in [-0.25, -0.2) is 9.67 Å². The smallest absolute Gasteiger partial charge is 0.271 e. The monoisotopic (exact) mass is 357 g/mol. The summed E-state index contributed by atoms with van der Waals surface area (Å²) in [6.45, 7) is 0. The van der Waals surface area contributed by atoms with Gasteiger partial charge in [0, 0.05) is 22.5 Å². The Morgan fingerprint density at radius 2 is 1.96 bits per heavy atom. The van der Waals surface area contributed by atoms with Gasteiger partial charge in [-0.15, -0.1) is 0 Å². The van der Waals surface area contributed by atoms with Crippen molar-refractivity contribution in [1.82, 2.24) is 14.8 Å². The summed E-state index contributed by atoms with van der Waals surface area (Å²) in [5, 5.41) is 4.30. The standard InChI is InChI=1S/C17H12ClN3O2S/c18-11-5-7-13(8-6-11)21-16(22)9-12(20-21)10-24-17-19-14-3-1-2-4-15(14)23-17/h1-9,20H,10H2. The Kier molecular flexibility index (Phi) is 3.92. The molecule has 1 N–H and O–H groups in total. The second-order valence-corrected chi connectivity index (χ2v) is 6.53. The number of halogens is 1. The van der Waals surface area contributed by atoms with Gasteiger partial charge in [0.2, 0.25) is 0 Å². The summed E-state index contributed by atoms with van der Waals surface area (Å²) in [6, 6.07) is 16.3. The average Bonchev–Trinajstić information content (AvgIpc) is 3.16. The molecule has 0 unspecified atom stereocenters.